The molecule has 1 amide bonds. The van der Waals surface area contributed by atoms with E-state index in [0.29, 0.717) is 50.1 Å². The number of carbonyl (C=O) groups is 1. The molecule has 6 rings (SSSR count). The second-order valence-electron chi connectivity index (χ2n) is 8.23. The van der Waals surface area contributed by atoms with Crippen LogP contribution >= 0.6 is 11.3 Å². The van der Waals surface area contributed by atoms with E-state index in [1.807, 2.05) is 36.4 Å². The van der Waals surface area contributed by atoms with Gasteiger partial charge in [0.05, 0.1) is 25.8 Å². The zero-order valence-corrected chi connectivity index (χ0v) is 21.2. The van der Waals surface area contributed by atoms with Crippen molar-refractivity contribution >= 4 is 38.9 Å². The van der Waals surface area contributed by atoms with Gasteiger partial charge in [-0.3, -0.25) is 9.78 Å². The van der Waals surface area contributed by atoms with Crippen LogP contribution in [-0.4, -0.2) is 39.7 Å². The molecule has 4 aromatic heterocycles. The number of methoxy groups -OCH3 is 2. The van der Waals surface area contributed by atoms with Crippen LogP contribution in [0.25, 0.3) is 27.4 Å². The van der Waals surface area contributed by atoms with Crippen molar-refractivity contribution in [2.45, 2.75) is 6.61 Å². The molecule has 0 spiro atoms. The number of amides is 1. The number of benzene rings is 2. The largest absolute Gasteiger partial charge is 0.496 e. The van der Waals surface area contributed by atoms with Crippen LogP contribution in [0.5, 0.6) is 16.7 Å². The average molecular weight is 528 g/mol. The van der Waals surface area contributed by atoms with Gasteiger partial charge in [0.15, 0.2) is 5.76 Å². The number of nitrogens with zero attached hydrogens (tertiary/aromatic N) is 4. The van der Waals surface area contributed by atoms with Crippen LogP contribution in [0.2, 0.25) is 0 Å². The molecule has 38 heavy (non-hydrogen) atoms. The summed E-state index contributed by atoms with van der Waals surface area (Å²) in [6.07, 6.45) is 3.37. The van der Waals surface area contributed by atoms with Crippen molar-refractivity contribution in [1.29, 1.82) is 0 Å². The molecule has 2 aromatic carbocycles. The van der Waals surface area contributed by atoms with E-state index in [1.165, 1.54) is 11.3 Å². The first-order valence-electron chi connectivity index (χ1n) is 11.6. The zero-order valence-electron chi connectivity index (χ0n) is 20.4. The fraction of sp³-hybridized carbons (Fsp3) is 0.111. The highest BCUT2D eigenvalue weighted by Gasteiger charge is 2.17. The summed E-state index contributed by atoms with van der Waals surface area (Å²) in [6.45, 7) is 0.264. The fourth-order valence-corrected chi connectivity index (χ4v) is 4.62. The highest BCUT2D eigenvalue weighted by atomic mass is 32.1. The van der Waals surface area contributed by atoms with Gasteiger partial charge in [-0.2, -0.15) is 0 Å². The van der Waals surface area contributed by atoms with Crippen molar-refractivity contribution < 1.29 is 23.4 Å². The van der Waals surface area contributed by atoms with E-state index in [2.05, 4.69) is 20.4 Å². The topological polar surface area (TPSA) is 113 Å². The zero-order chi connectivity index (χ0) is 26.1. The Bertz CT molecular complexity index is 1730. The van der Waals surface area contributed by atoms with E-state index in [0.717, 1.165) is 10.9 Å². The van der Waals surface area contributed by atoms with Crippen LogP contribution in [0.15, 0.2) is 77.5 Å². The van der Waals surface area contributed by atoms with Gasteiger partial charge >= 0.3 is 0 Å². The number of furan rings is 1. The molecule has 0 atom stereocenters. The molecule has 0 bridgehead atoms. The van der Waals surface area contributed by atoms with E-state index in [4.69, 9.17) is 18.6 Å². The maximum Gasteiger partial charge on any atom is 0.294 e. The Morgan fingerprint density at radius 3 is 2.79 bits per heavy atom. The molecule has 4 heterocycles. The van der Waals surface area contributed by atoms with Crippen molar-refractivity contribution in [2.24, 2.45) is 0 Å². The molecule has 190 valence electrons. The third kappa shape index (κ3) is 4.62. The predicted molar refractivity (Wildman–Crippen MR) is 142 cm³/mol. The van der Waals surface area contributed by atoms with Gasteiger partial charge < -0.3 is 23.9 Å². The van der Waals surface area contributed by atoms with Crippen LogP contribution in [0.1, 0.15) is 16.1 Å². The Labute approximate surface area is 220 Å². The monoisotopic (exact) mass is 527 g/mol. The van der Waals surface area contributed by atoms with E-state index >= 15 is 0 Å². The summed E-state index contributed by atoms with van der Waals surface area (Å²) in [4.78, 5) is 21.9. The number of fused-ring (bicyclic) bond motifs is 2. The lowest BCUT2D eigenvalue weighted by atomic mass is 10.2. The molecule has 0 unspecified atom stereocenters. The lowest BCUT2D eigenvalue weighted by molar-refractivity contribution is 0.102. The Morgan fingerprint density at radius 2 is 2.00 bits per heavy atom. The van der Waals surface area contributed by atoms with Crippen molar-refractivity contribution in [3.8, 4) is 28.1 Å². The van der Waals surface area contributed by atoms with Gasteiger partial charge in [0.1, 0.15) is 35.1 Å². The third-order valence-electron chi connectivity index (χ3n) is 5.74. The van der Waals surface area contributed by atoms with Crippen LogP contribution in [0, 0.1) is 0 Å². The second kappa shape index (κ2) is 9.87. The molecular formula is C27H21N5O5S. The summed E-state index contributed by atoms with van der Waals surface area (Å²) in [6, 6.07) is 18.2. The summed E-state index contributed by atoms with van der Waals surface area (Å²) < 4.78 is 24.6. The minimum Gasteiger partial charge on any atom is -0.496 e. The first-order valence-corrected chi connectivity index (χ1v) is 12.4. The van der Waals surface area contributed by atoms with Gasteiger partial charge in [-0.25, -0.2) is 9.50 Å². The van der Waals surface area contributed by atoms with E-state index < -0.39 is 0 Å². The van der Waals surface area contributed by atoms with Crippen LogP contribution < -0.4 is 19.5 Å². The molecule has 0 saturated carbocycles. The smallest absolute Gasteiger partial charge is 0.294 e. The molecule has 0 saturated heterocycles. The highest BCUT2D eigenvalue weighted by Crippen LogP contribution is 2.37. The van der Waals surface area contributed by atoms with E-state index in [9.17, 15) is 4.79 Å². The van der Waals surface area contributed by atoms with Gasteiger partial charge in [0, 0.05) is 24.0 Å². The predicted octanol–water partition coefficient (Wildman–Crippen LogP) is 5.45. The van der Waals surface area contributed by atoms with Crippen molar-refractivity contribution in [3.05, 3.63) is 84.3 Å². The molecule has 6 aromatic rings. The van der Waals surface area contributed by atoms with Gasteiger partial charge in [-0.05, 0) is 47.2 Å². The van der Waals surface area contributed by atoms with Crippen LogP contribution in [-0.2, 0) is 6.61 Å². The maximum absolute atomic E-state index is 12.5. The number of hydrogen-bond donors (Lipinski definition) is 1. The molecule has 10 nitrogen and oxygen atoms in total. The minimum absolute atomic E-state index is 0.264. The number of aromatic nitrogens is 4. The van der Waals surface area contributed by atoms with Crippen molar-refractivity contribution in [1.82, 2.24) is 19.6 Å². The summed E-state index contributed by atoms with van der Waals surface area (Å²) >= 11 is 1.34. The van der Waals surface area contributed by atoms with Gasteiger partial charge in [-0.1, -0.05) is 18.2 Å². The van der Waals surface area contributed by atoms with Gasteiger partial charge in [0.2, 0.25) is 4.96 Å². The Morgan fingerprint density at radius 1 is 1.08 bits per heavy atom. The van der Waals surface area contributed by atoms with Gasteiger partial charge in [0.25, 0.3) is 11.1 Å². The minimum atomic E-state index is -0.281. The molecule has 0 fully saturated rings. The van der Waals surface area contributed by atoms with Crippen LogP contribution in [0.3, 0.4) is 0 Å². The number of carbonyl (C=O) groups excluding carboxylic acids is 1. The quantitative estimate of drug-likeness (QED) is 0.278. The second-order valence-corrected chi connectivity index (χ2v) is 9.15. The number of ether oxygens (including phenoxy) is 3. The lowest BCUT2D eigenvalue weighted by Crippen LogP contribution is -2.13. The normalized spacial score (nSPS) is 11.1. The lowest BCUT2D eigenvalue weighted by Gasteiger charge is -2.11. The molecular weight excluding hydrogens is 506 g/mol. The standard InChI is InChI=1S/C27H21N5O5S/c1-34-18-11-22(36-15-16-6-5-7-17(10-16)29-25(33)20-8-3-4-9-28-20)19-13-24(37-23(19)12-18)21-14-32-26(30-21)38-27(31-32)35-2/h3-14H,15H2,1-2H3,(H,29,33). The Hall–Kier alpha value is -4.90. The molecule has 0 radical (unpaired) electrons. The molecule has 0 aliphatic heterocycles. The van der Waals surface area contributed by atoms with Crippen molar-refractivity contribution in [2.75, 3.05) is 19.5 Å². The number of anilines is 1. The SMILES string of the molecule is COc1cc(OCc2cccc(NC(=O)c3ccccn3)c2)c2cc(-c3cn4nc(OC)sc4n3)oc2c1. The molecule has 1 N–H and O–H groups in total. The molecule has 11 heteroatoms. The number of imidazole rings is 1. The molecule has 0 aliphatic rings. The third-order valence-corrected chi connectivity index (χ3v) is 6.62. The highest BCUT2D eigenvalue weighted by molar-refractivity contribution is 7.18. The fourth-order valence-electron chi connectivity index (χ4n) is 3.92. The number of pyridine rings is 1. The van der Waals surface area contributed by atoms with Crippen LogP contribution in [0.4, 0.5) is 5.69 Å². The average Bonchev–Trinajstić information content (AvgIpc) is 3.65. The molecule has 0 aliphatic carbocycles. The maximum atomic E-state index is 12.5. The number of rotatable bonds is 8. The number of hydrogen-bond acceptors (Lipinski definition) is 9. The number of nitrogens with one attached hydrogen (secondary N) is 1. The van der Waals surface area contributed by atoms with E-state index in [-0.39, 0.29) is 12.5 Å². The summed E-state index contributed by atoms with van der Waals surface area (Å²) in [5.41, 5.74) is 3.11. The Kier molecular flexibility index (Phi) is 6.10. The first kappa shape index (κ1) is 23.5. The van der Waals surface area contributed by atoms with Crippen molar-refractivity contribution in [3.63, 3.8) is 0 Å². The summed E-state index contributed by atoms with van der Waals surface area (Å²) in [7, 11) is 3.16. The van der Waals surface area contributed by atoms with Gasteiger partial charge in [-0.15, -0.1) is 5.10 Å². The Balaban J connectivity index is 1.24. The first-order chi connectivity index (χ1) is 18.6. The van der Waals surface area contributed by atoms with E-state index in [1.54, 1.807) is 55.4 Å². The summed E-state index contributed by atoms with van der Waals surface area (Å²) in [5.74, 6) is 1.49. The summed E-state index contributed by atoms with van der Waals surface area (Å²) in [5, 5.41) is 8.50.